The summed E-state index contributed by atoms with van der Waals surface area (Å²) in [4.78, 5) is 13.5. The topological polar surface area (TPSA) is 29.5 Å². The number of carbonyl (C=O) groups is 1. The summed E-state index contributed by atoms with van der Waals surface area (Å²) in [7, 11) is 0. The quantitative estimate of drug-likeness (QED) is 0.657. The highest BCUT2D eigenvalue weighted by Gasteiger charge is 2.13. The van der Waals surface area contributed by atoms with Crippen LogP contribution in [0.5, 0.6) is 0 Å². The van der Waals surface area contributed by atoms with Gasteiger partial charge in [-0.1, -0.05) is 0 Å². The normalized spacial score (nSPS) is 14.8. The van der Waals surface area contributed by atoms with Crippen molar-refractivity contribution in [2.45, 2.75) is 13.8 Å². The molecule has 0 N–H and O–H groups in total. The Balaban J connectivity index is 2.65. The van der Waals surface area contributed by atoms with Crippen molar-refractivity contribution in [3.05, 3.63) is 24.0 Å². The molecular formula is C10H15NO2. The number of nitrogens with zero attached hydrogens (tertiary/aromatic N) is 1. The molecule has 0 spiro atoms. The molecule has 0 saturated carbocycles. The van der Waals surface area contributed by atoms with Crippen LogP contribution in [0.15, 0.2) is 24.0 Å². The van der Waals surface area contributed by atoms with Crippen LogP contribution in [-0.4, -0.2) is 30.5 Å². The van der Waals surface area contributed by atoms with Crippen molar-refractivity contribution < 1.29 is 9.53 Å². The molecule has 0 fully saturated rings. The summed E-state index contributed by atoms with van der Waals surface area (Å²) in [5.74, 6) is 0.0875. The van der Waals surface area contributed by atoms with Crippen molar-refractivity contribution in [2.75, 3.05) is 19.7 Å². The van der Waals surface area contributed by atoms with Gasteiger partial charge in [-0.3, -0.25) is 4.79 Å². The van der Waals surface area contributed by atoms with Crippen LogP contribution in [0.3, 0.4) is 0 Å². The molecular weight excluding hydrogens is 166 g/mol. The first kappa shape index (κ1) is 9.84. The van der Waals surface area contributed by atoms with Crippen molar-refractivity contribution in [3.8, 4) is 0 Å². The Morgan fingerprint density at radius 3 is 2.69 bits per heavy atom. The van der Waals surface area contributed by atoms with Crippen LogP contribution in [0.25, 0.3) is 0 Å². The van der Waals surface area contributed by atoms with Gasteiger partial charge >= 0.3 is 0 Å². The van der Waals surface area contributed by atoms with Crippen molar-refractivity contribution in [3.63, 3.8) is 0 Å². The van der Waals surface area contributed by atoms with E-state index in [9.17, 15) is 4.79 Å². The molecule has 3 nitrogen and oxygen atoms in total. The molecule has 1 heterocycles. The van der Waals surface area contributed by atoms with Crippen LogP contribution in [0.1, 0.15) is 13.8 Å². The fourth-order valence-electron chi connectivity index (χ4n) is 1.23. The van der Waals surface area contributed by atoms with E-state index in [4.69, 9.17) is 4.74 Å². The van der Waals surface area contributed by atoms with Crippen LogP contribution >= 0.6 is 0 Å². The molecule has 0 radical (unpaired) electrons. The molecule has 1 aliphatic rings. The number of carbonyl (C=O) groups excluding carboxylic acids is 1. The van der Waals surface area contributed by atoms with Gasteiger partial charge in [-0.05, 0) is 26.0 Å². The molecule has 13 heavy (non-hydrogen) atoms. The second kappa shape index (κ2) is 4.70. The third-order valence-corrected chi connectivity index (χ3v) is 2.04. The first-order chi connectivity index (χ1) is 6.29. The maximum Gasteiger partial charge on any atom is 0.253 e. The van der Waals surface area contributed by atoms with Gasteiger partial charge in [0.05, 0.1) is 6.26 Å². The Labute approximate surface area is 78.7 Å². The maximum absolute atomic E-state index is 11.7. The zero-order valence-corrected chi connectivity index (χ0v) is 8.12. The Kier molecular flexibility index (Phi) is 3.55. The fraction of sp³-hybridized carbons (Fsp3) is 0.500. The van der Waals surface area contributed by atoms with Crippen LogP contribution < -0.4 is 0 Å². The van der Waals surface area contributed by atoms with Gasteiger partial charge in [0.2, 0.25) is 0 Å². The van der Waals surface area contributed by atoms with E-state index in [2.05, 4.69) is 0 Å². The molecule has 1 amide bonds. The zero-order valence-electron chi connectivity index (χ0n) is 8.12. The minimum absolute atomic E-state index is 0.0875. The summed E-state index contributed by atoms with van der Waals surface area (Å²) >= 11 is 0. The molecule has 3 heteroatoms. The number of rotatable bonds is 3. The van der Waals surface area contributed by atoms with Crippen LogP contribution in [0.4, 0.5) is 0 Å². The lowest BCUT2D eigenvalue weighted by Crippen LogP contribution is -2.31. The molecule has 72 valence electrons. The van der Waals surface area contributed by atoms with Gasteiger partial charge in [-0.2, -0.15) is 0 Å². The summed E-state index contributed by atoms with van der Waals surface area (Å²) < 4.78 is 4.97. The van der Waals surface area contributed by atoms with Gasteiger partial charge in [-0.15, -0.1) is 0 Å². The first-order valence-corrected chi connectivity index (χ1v) is 4.57. The lowest BCUT2D eigenvalue weighted by atomic mass is 10.2. The number of hydrogen-bond acceptors (Lipinski definition) is 2. The highest BCUT2D eigenvalue weighted by Crippen LogP contribution is 2.07. The second-order valence-corrected chi connectivity index (χ2v) is 2.77. The molecule has 0 aliphatic carbocycles. The van der Waals surface area contributed by atoms with Gasteiger partial charge in [0, 0.05) is 18.7 Å². The molecule has 0 aromatic carbocycles. The Morgan fingerprint density at radius 1 is 1.54 bits per heavy atom. The molecule has 0 saturated heterocycles. The van der Waals surface area contributed by atoms with Crippen LogP contribution in [0, 0.1) is 0 Å². The molecule has 0 aromatic rings. The minimum Gasteiger partial charge on any atom is -0.497 e. The predicted molar refractivity (Wildman–Crippen MR) is 51.1 cm³/mol. The van der Waals surface area contributed by atoms with E-state index < -0.39 is 0 Å². The summed E-state index contributed by atoms with van der Waals surface area (Å²) in [5, 5.41) is 0. The lowest BCUT2D eigenvalue weighted by Gasteiger charge is -2.19. The standard InChI is InChI=1S/C10H15NO2/c1-3-11(4-2)10(12)9-5-7-13-8-6-9/h5-7H,3-4,8H2,1-2H3. The van der Waals surface area contributed by atoms with E-state index in [0.29, 0.717) is 6.61 Å². The van der Waals surface area contributed by atoms with Gasteiger partial charge in [-0.25, -0.2) is 0 Å². The van der Waals surface area contributed by atoms with Crippen LogP contribution in [-0.2, 0) is 9.53 Å². The highest BCUT2D eigenvalue weighted by molar-refractivity contribution is 5.96. The number of ether oxygens (including phenoxy) is 1. The van der Waals surface area contributed by atoms with E-state index in [0.717, 1.165) is 18.7 Å². The van der Waals surface area contributed by atoms with Crippen molar-refractivity contribution in [1.29, 1.82) is 0 Å². The summed E-state index contributed by atoms with van der Waals surface area (Å²) in [5.41, 5.74) is 0.731. The highest BCUT2D eigenvalue weighted by atomic mass is 16.5. The van der Waals surface area contributed by atoms with Gasteiger partial charge < -0.3 is 9.64 Å². The maximum atomic E-state index is 11.7. The van der Waals surface area contributed by atoms with Crippen molar-refractivity contribution in [1.82, 2.24) is 4.90 Å². The van der Waals surface area contributed by atoms with Gasteiger partial charge in [0.1, 0.15) is 6.61 Å². The second-order valence-electron chi connectivity index (χ2n) is 2.77. The van der Waals surface area contributed by atoms with E-state index in [1.165, 1.54) is 0 Å². The van der Waals surface area contributed by atoms with Crippen LogP contribution in [0.2, 0.25) is 0 Å². The third kappa shape index (κ3) is 2.34. The summed E-state index contributed by atoms with van der Waals surface area (Å²) in [6.45, 7) is 5.96. The Morgan fingerprint density at radius 2 is 2.23 bits per heavy atom. The average molecular weight is 181 g/mol. The molecule has 1 rings (SSSR count). The Hall–Kier alpha value is -1.25. The first-order valence-electron chi connectivity index (χ1n) is 4.57. The largest absolute Gasteiger partial charge is 0.497 e. The summed E-state index contributed by atoms with van der Waals surface area (Å²) in [6, 6.07) is 0. The number of amides is 1. The summed E-state index contributed by atoms with van der Waals surface area (Å²) in [6.07, 6.45) is 5.08. The fourth-order valence-corrected chi connectivity index (χ4v) is 1.23. The number of likely N-dealkylation sites (N-methyl/N-ethyl adjacent to an activating group) is 1. The van der Waals surface area contributed by atoms with Crippen molar-refractivity contribution in [2.24, 2.45) is 0 Å². The molecule has 0 atom stereocenters. The molecule has 1 aliphatic heterocycles. The Bertz CT molecular complexity index is 239. The van der Waals surface area contributed by atoms with Gasteiger partial charge in [0.25, 0.3) is 5.91 Å². The lowest BCUT2D eigenvalue weighted by molar-refractivity contribution is -0.126. The van der Waals surface area contributed by atoms with E-state index in [1.807, 2.05) is 13.8 Å². The van der Waals surface area contributed by atoms with E-state index in [1.54, 1.807) is 23.3 Å². The minimum atomic E-state index is 0.0875. The SMILES string of the molecule is CCN(CC)C(=O)C1=CCOC=C1. The monoisotopic (exact) mass is 181 g/mol. The van der Waals surface area contributed by atoms with Gasteiger partial charge in [0.15, 0.2) is 0 Å². The molecule has 0 unspecified atom stereocenters. The third-order valence-electron chi connectivity index (χ3n) is 2.04. The molecule has 0 aromatic heterocycles. The average Bonchev–Trinajstić information content (AvgIpc) is 2.21. The predicted octanol–water partition coefficient (Wildman–Crippen LogP) is 1.33. The molecule has 0 bridgehead atoms. The van der Waals surface area contributed by atoms with Crippen molar-refractivity contribution >= 4 is 5.91 Å². The zero-order chi connectivity index (χ0) is 9.68. The van der Waals surface area contributed by atoms with E-state index >= 15 is 0 Å². The van der Waals surface area contributed by atoms with E-state index in [-0.39, 0.29) is 5.91 Å². The smallest absolute Gasteiger partial charge is 0.253 e. The number of hydrogen-bond donors (Lipinski definition) is 0.